The maximum atomic E-state index is 12.8. The molecular formula is C23H23N3O5S. The van der Waals surface area contributed by atoms with Crippen molar-refractivity contribution in [3.63, 3.8) is 0 Å². The van der Waals surface area contributed by atoms with Crippen LogP contribution in [0.2, 0.25) is 0 Å². The highest BCUT2D eigenvalue weighted by molar-refractivity contribution is 7.92. The summed E-state index contributed by atoms with van der Waals surface area (Å²) in [6.45, 7) is -0.234. The summed E-state index contributed by atoms with van der Waals surface area (Å²) in [6, 6.07) is 21.6. The number of benzene rings is 3. The van der Waals surface area contributed by atoms with Gasteiger partial charge in [-0.15, -0.1) is 0 Å². The van der Waals surface area contributed by atoms with Crippen LogP contribution in [-0.2, 0) is 26.0 Å². The first-order valence-electron chi connectivity index (χ1n) is 9.74. The Bertz CT molecular complexity index is 1200. The van der Waals surface area contributed by atoms with Gasteiger partial charge in [0, 0.05) is 5.69 Å². The largest absolute Gasteiger partial charge is 0.495 e. The monoisotopic (exact) mass is 453 g/mol. The Labute approximate surface area is 186 Å². The lowest BCUT2D eigenvalue weighted by molar-refractivity contribution is -0.123. The lowest BCUT2D eigenvalue weighted by Crippen LogP contribution is -2.33. The molecule has 3 rings (SSSR count). The minimum absolute atomic E-state index is 0.0330. The van der Waals surface area contributed by atoms with Crippen LogP contribution in [0.5, 0.6) is 5.75 Å². The second kappa shape index (κ2) is 10.5. The number of anilines is 2. The fourth-order valence-electron chi connectivity index (χ4n) is 2.90. The molecule has 0 bridgehead atoms. The Kier molecular flexibility index (Phi) is 7.45. The van der Waals surface area contributed by atoms with Gasteiger partial charge in [-0.05, 0) is 35.9 Å². The van der Waals surface area contributed by atoms with Gasteiger partial charge in [0.1, 0.15) is 5.75 Å². The smallest absolute Gasteiger partial charge is 0.262 e. The number of hydrogen-bond donors (Lipinski definition) is 3. The Morgan fingerprint density at radius 3 is 2.34 bits per heavy atom. The molecule has 0 unspecified atom stereocenters. The molecule has 0 aliphatic heterocycles. The summed E-state index contributed by atoms with van der Waals surface area (Å²) in [7, 11) is -2.47. The third-order valence-corrected chi connectivity index (χ3v) is 5.80. The number of rotatable bonds is 9. The first kappa shape index (κ1) is 22.8. The van der Waals surface area contributed by atoms with Crippen LogP contribution >= 0.6 is 0 Å². The van der Waals surface area contributed by atoms with Crippen molar-refractivity contribution in [3.8, 4) is 5.75 Å². The van der Waals surface area contributed by atoms with Gasteiger partial charge < -0.3 is 15.4 Å². The van der Waals surface area contributed by atoms with Crippen molar-refractivity contribution in [2.75, 3.05) is 23.7 Å². The summed E-state index contributed by atoms with van der Waals surface area (Å²) in [5.74, 6) is -0.380. The van der Waals surface area contributed by atoms with Crippen LogP contribution in [0.15, 0.2) is 83.8 Å². The summed E-state index contributed by atoms with van der Waals surface area (Å²) in [4.78, 5) is 24.2. The molecule has 0 heterocycles. The number of carbonyl (C=O) groups is 2. The van der Waals surface area contributed by atoms with Gasteiger partial charge in [-0.25, -0.2) is 8.42 Å². The van der Waals surface area contributed by atoms with Crippen molar-refractivity contribution in [2.24, 2.45) is 0 Å². The van der Waals surface area contributed by atoms with Crippen molar-refractivity contribution in [1.82, 2.24) is 5.32 Å². The lowest BCUT2D eigenvalue weighted by Gasteiger charge is -2.13. The Hall–Kier alpha value is -3.85. The summed E-state index contributed by atoms with van der Waals surface area (Å²) < 4.78 is 33.2. The summed E-state index contributed by atoms with van der Waals surface area (Å²) in [5.41, 5.74) is 1.42. The second-order valence-corrected chi connectivity index (χ2v) is 8.50. The third kappa shape index (κ3) is 6.32. The standard InChI is InChI=1S/C23H23N3O5S/c1-31-21-13-6-5-12-20(21)26-32(29,30)19-11-7-10-18(15-19)25-23(28)16-24-22(27)14-17-8-3-2-4-9-17/h2-13,15,26H,14,16H2,1H3,(H,24,27)(H,25,28). The zero-order valence-electron chi connectivity index (χ0n) is 17.4. The SMILES string of the molecule is COc1ccccc1NS(=O)(=O)c1cccc(NC(=O)CNC(=O)Cc2ccccc2)c1. The van der Waals surface area contributed by atoms with E-state index in [1.54, 1.807) is 30.3 Å². The Balaban J connectivity index is 1.60. The maximum Gasteiger partial charge on any atom is 0.262 e. The van der Waals surface area contributed by atoms with E-state index in [9.17, 15) is 18.0 Å². The lowest BCUT2D eigenvalue weighted by atomic mass is 10.1. The van der Waals surface area contributed by atoms with Gasteiger partial charge in [-0.2, -0.15) is 0 Å². The number of carbonyl (C=O) groups excluding carboxylic acids is 2. The maximum absolute atomic E-state index is 12.8. The van der Waals surface area contributed by atoms with Gasteiger partial charge in [-0.3, -0.25) is 14.3 Å². The first-order chi connectivity index (χ1) is 15.4. The molecule has 0 aliphatic rings. The molecule has 0 spiro atoms. The van der Waals surface area contributed by atoms with Gasteiger partial charge in [0.2, 0.25) is 11.8 Å². The summed E-state index contributed by atoms with van der Waals surface area (Å²) in [5, 5.41) is 5.14. The number of sulfonamides is 1. The molecule has 3 aromatic rings. The quantitative estimate of drug-likeness (QED) is 0.461. The molecule has 3 aromatic carbocycles. The summed E-state index contributed by atoms with van der Waals surface area (Å²) in [6.07, 6.45) is 0.163. The van der Waals surface area contributed by atoms with Crippen LogP contribution in [0.4, 0.5) is 11.4 Å². The minimum Gasteiger partial charge on any atom is -0.495 e. The first-order valence-corrected chi connectivity index (χ1v) is 11.2. The average Bonchev–Trinajstić information content (AvgIpc) is 2.79. The van der Waals surface area contributed by atoms with Crippen molar-refractivity contribution in [1.29, 1.82) is 0 Å². The van der Waals surface area contributed by atoms with Crippen molar-refractivity contribution in [3.05, 3.63) is 84.4 Å². The van der Waals surface area contributed by atoms with E-state index in [-0.39, 0.29) is 29.5 Å². The molecule has 0 atom stereocenters. The van der Waals surface area contributed by atoms with Gasteiger partial charge in [0.15, 0.2) is 0 Å². The second-order valence-electron chi connectivity index (χ2n) is 6.82. The third-order valence-electron chi connectivity index (χ3n) is 4.43. The fraction of sp³-hybridized carbons (Fsp3) is 0.130. The van der Waals surface area contributed by atoms with E-state index in [0.717, 1.165) is 5.56 Å². The number of amides is 2. The van der Waals surface area contributed by atoms with E-state index in [4.69, 9.17) is 4.74 Å². The molecule has 0 radical (unpaired) electrons. The minimum atomic E-state index is -3.92. The Morgan fingerprint density at radius 1 is 0.875 bits per heavy atom. The van der Waals surface area contributed by atoms with Gasteiger partial charge in [0.05, 0.1) is 30.7 Å². The van der Waals surface area contributed by atoms with Crippen LogP contribution < -0.4 is 20.1 Å². The van der Waals surface area contributed by atoms with E-state index >= 15 is 0 Å². The molecular weight excluding hydrogens is 430 g/mol. The van der Waals surface area contributed by atoms with Crippen molar-refractivity contribution in [2.45, 2.75) is 11.3 Å². The number of hydrogen-bond acceptors (Lipinski definition) is 5. The molecule has 0 saturated carbocycles. The molecule has 8 nitrogen and oxygen atoms in total. The molecule has 166 valence electrons. The number of methoxy groups -OCH3 is 1. The van der Waals surface area contributed by atoms with Crippen molar-refractivity contribution >= 4 is 33.2 Å². The average molecular weight is 454 g/mol. The zero-order chi connectivity index (χ0) is 23.0. The molecule has 3 N–H and O–H groups in total. The molecule has 0 aromatic heterocycles. The van der Waals surface area contributed by atoms with E-state index in [1.807, 2.05) is 30.3 Å². The van der Waals surface area contributed by atoms with Crippen LogP contribution in [0.1, 0.15) is 5.56 Å². The van der Waals surface area contributed by atoms with E-state index in [2.05, 4.69) is 15.4 Å². The molecule has 0 saturated heterocycles. The molecule has 0 fully saturated rings. The highest BCUT2D eigenvalue weighted by Crippen LogP contribution is 2.26. The predicted octanol–water partition coefficient (Wildman–Crippen LogP) is 2.79. The molecule has 0 aliphatic carbocycles. The topological polar surface area (TPSA) is 114 Å². The van der Waals surface area contributed by atoms with E-state index < -0.39 is 15.9 Å². The number of nitrogens with one attached hydrogen (secondary N) is 3. The highest BCUT2D eigenvalue weighted by atomic mass is 32.2. The van der Waals surface area contributed by atoms with Crippen LogP contribution in [0.3, 0.4) is 0 Å². The summed E-state index contributed by atoms with van der Waals surface area (Å²) >= 11 is 0. The van der Waals surface area contributed by atoms with Crippen LogP contribution in [0, 0.1) is 0 Å². The molecule has 9 heteroatoms. The molecule has 32 heavy (non-hydrogen) atoms. The van der Waals surface area contributed by atoms with E-state index in [1.165, 1.54) is 25.3 Å². The Morgan fingerprint density at radius 2 is 1.59 bits per heavy atom. The predicted molar refractivity (Wildman–Crippen MR) is 122 cm³/mol. The normalized spacial score (nSPS) is 10.8. The highest BCUT2D eigenvalue weighted by Gasteiger charge is 2.17. The number of ether oxygens (including phenoxy) is 1. The van der Waals surface area contributed by atoms with Crippen LogP contribution in [0.25, 0.3) is 0 Å². The van der Waals surface area contributed by atoms with Crippen LogP contribution in [-0.4, -0.2) is 33.9 Å². The fourth-order valence-corrected chi connectivity index (χ4v) is 4.02. The van der Waals surface area contributed by atoms with Crippen molar-refractivity contribution < 1.29 is 22.7 Å². The van der Waals surface area contributed by atoms with Gasteiger partial charge >= 0.3 is 0 Å². The van der Waals surface area contributed by atoms with E-state index in [0.29, 0.717) is 11.4 Å². The van der Waals surface area contributed by atoms with Gasteiger partial charge in [0.25, 0.3) is 10.0 Å². The van der Waals surface area contributed by atoms with Gasteiger partial charge in [-0.1, -0.05) is 48.5 Å². The molecule has 2 amide bonds. The zero-order valence-corrected chi connectivity index (χ0v) is 18.2. The number of para-hydroxylation sites is 2.